The smallest absolute Gasteiger partial charge is 0.230 e. The fourth-order valence-corrected chi connectivity index (χ4v) is 2.12. The van der Waals surface area contributed by atoms with E-state index in [0.717, 1.165) is 18.5 Å². The summed E-state index contributed by atoms with van der Waals surface area (Å²) in [5.74, 6) is 0.0416. The van der Waals surface area contributed by atoms with Crippen LogP contribution in [0.3, 0.4) is 0 Å². The minimum atomic E-state index is -0.137. The van der Waals surface area contributed by atoms with E-state index in [9.17, 15) is 4.79 Å². The normalized spacial score (nSPS) is 14.0. The third-order valence-corrected chi connectivity index (χ3v) is 3.53. The molecule has 0 saturated heterocycles. The number of benzene rings is 1. The van der Waals surface area contributed by atoms with Gasteiger partial charge in [0, 0.05) is 18.3 Å². The number of nitrogen functional groups attached to an aromatic ring is 1. The molecule has 1 amide bonds. The summed E-state index contributed by atoms with van der Waals surface area (Å²) >= 11 is 0. The summed E-state index contributed by atoms with van der Waals surface area (Å²) in [6, 6.07) is 7.86. The molecule has 1 aromatic carbocycles. The van der Waals surface area contributed by atoms with E-state index in [4.69, 9.17) is 5.73 Å². The van der Waals surface area contributed by atoms with E-state index in [-0.39, 0.29) is 17.9 Å². The van der Waals surface area contributed by atoms with Crippen molar-refractivity contribution in [3.8, 4) is 0 Å². The Morgan fingerprint density at radius 1 is 1.33 bits per heavy atom. The largest absolute Gasteiger partial charge is 0.399 e. The topological polar surface area (TPSA) is 46.3 Å². The Bertz CT molecular complexity index is 403. The molecule has 0 bridgehead atoms. The maximum absolute atomic E-state index is 12.5. The van der Waals surface area contributed by atoms with Crippen molar-refractivity contribution < 1.29 is 4.79 Å². The third-order valence-electron chi connectivity index (χ3n) is 3.53. The molecule has 100 valence electrons. The second kappa shape index (κ2) is 6.43. The van der Waals surface area contributed by atoms with E-state index in [1.54, 1.807) is 0 Å². The molecule has 0 fully saturated rings. The Morgan fingerprint density at radius 3 is 2.50 bits per heavy atom. The number of amides is 1. The minimum Gasteiger partial charge on any atom is -0.399 e. The highest BCUT2D eigenvalue weighted by atomic mass is 16.2. The highest BCUT2D eigenvalue weighted by Crippen LogP contribution is 2.21. The minimum absolute atomic E-state index is 0.137. The zero-order valence-electron chi connectivity index (χ0n) is 11.8. The van der Waals surface area contributed by atoms with Crippen molar-refractivity contribution in [1.82, 2.24) is 4.90 Å². The number of hydrogen-bond donors (Lipinski definition) is 1. The molecular weight excluding hydrogens is 224 g/mol. The van der Waals surface area contributed by atoms with Gasteiger partial charge in [-0.25, -0.2) is 0 Å². The molecule has 0 aliphatic carbocycles. The summed E-state index contributed by atoms with van der Waals surface area (Å²) in [7, 11) is 0. The summed E-state index contributed by atoms with van der Waals surface area (Å²) in [5.41, 5.74) is 7.46. The SMILES string of the molecule is CCC(C)N(CC)C(=O)C(C)c1cccc(N)c1. The Hall–Kier alpha value is -1.51. The molecule has 0 saturated carbocycles. The number of nitrogens with zero attached hydrogens (tertiary/aromatic N) is 1. The van der Waals surface area contributed by atoms with Crippen LogP contribution in [0.5, 0.6) is 0 Å². The number of likely N-dealkylation sites (N-methyl/N-ethyl adjacent to an activating group) is 1. The first-order valence-corrected chi connectivity index (χ1v) is 6.67. The molecule has 0 aliphatic heterocycles. The van der Waals surface area contributed by atoms with Crippen molar-refractivity contribution in [2.45, 2.75) is 46.1 Å². The molecule has 0 aliphatic rings. The van der Waals surface area contributed by atoms with Crippen LogP contribution >= 0.6 is 0 Å². The van der Waals surface area contributed by atoms with E-state index in [2.05, 4.69) is 13.8 Å². The monoisotopic (exact) mass is 248 g/mol. The lowest BCUT2D eigenvalue weighted by Crippen LogP contribution is -2.40. The van der Waals surface area contributed by atoms with Gasteiger partial charge < -0.3 is 10.6 Å². The van der Waals surface area contributed by atoms with E-state index < -0.39 is 0 Å². The van der Waals surface area contributed by atoms with Crippen LogP contribution in [0.1, 0.15) is 45.6 Å². The predicted octanol–water partition coefficient (Wildman–Crippen LogP) is 3.02. The van der Waals surface area contributed by atoms with E-state index in [1.807, 2.05) is 43.0 Å². The van der Waals surface area contributed by atoms with Gasteiger partial charge in [0.05, 0.1) is 5.92 Å². The summed E-state index contributed by atoms with van der Waals surface area (Å²) < 4.78 is 0. The quantitative estimate of drug-likeness (QED) is 0.814. The van der Waals surface area contributed by atoms with Crippen molar-refractivity contribution in [2.24, 2.45) is 0 Å². The van der Waals surface area contributed by atoms with Gasteiger partial charge in [-0.3, -0.25) is 4.79 Å². The molecule has 2 unspecified atom stereocenters. The van der Waals surface area contributed by atoms with Gasteiger partial charge in [0.15, 0.2) is 0 Å². The zero-order valence-corrected chi connectivity index (χ0v) is 11.8. The molecule has 1 rings (SSSR count). The van der Waals surface area contributed by atoms with E-state index >= 15 is 0 Å². The number of anilines is 1. The van der Waals surface area contributed by atoms with Crippen LogP contribution in [0, 0.1) is 0 Å². The Kier molecular flexibility index (Phi) is 5.20. The molecular formula is C15H24N2O. The second-order valence-corrected chi connectivity index (χ2v) is 4.77. The number of nitrogens with two attached hydrogens (primary N) is 1. The van der Waals surface area contributed by atoms with Gasteiger partial charge in [0.2, 0.25) is 5.91 Å². The molecule has 0 aromatic heterocycles. The van der Waals surface area contributed by atoms with Crippen LogP contribution in [-0.4, -0.2) is 23.4 Å². The van der Waals surface area contributed by atoms with Gasteiger partial charge in [-0.1, -0.05) is 19.1 Å². The predicted molar refractivity (Wildman–Crippen MR) is 76.4 cm³/mol. The van der Waals surface area contributed by atoms with Gasteiger partial charge in [0.1, 0.15) is 0 Å². The number of hydrogen-bond acceptors (Lipinski definition) is 2. The molecule has 0 radical (unpaired) electrons. The lowest BCUT2D eigenvalue weighted by atomic mass is 9.98. The highest BCUT2D eigenvalue weighted by Gasteiger charge is 2.23. The van der Waals surface area contributed by atoms with Gasteiger partial charge in [-0.15, -0.1) is 0 Å². The van der Waals surface area contributed by atoms with Crippen molar-refractivity contribution in [2.75, 3.05) is 12.3 Å². The molecule has 3 nitrogen and oxygen atoms in total. The van der Waals surface area contributed by atoms with Crippen LogP contribution in [0.25, 0.3) is 0 Å². The first-order chi connectivity index (χ1) is 8.51. The molecule has 1 aromatic rings. The van der Waals surface area contributed by atoms with Crippen LogP contribution in [0.15, 0.2) is 24.3 Å². The highest BCUT2D eigenvalue weighted by molar-refractivity contribution is 5.83. The van der Waals surface area contributed by atoms with Crippen molar-refractivity contribution >= 4 is 11.6 Å². The standard InChI is InChI=1S/C15H24N2O/c1-5-11(3)17(6-2)15(18)12(4)13-8-7-9-14(16)10-13/h7-12H,5-6,16H2,1-4H3. The fraction of sp³-hybridized carbons (Fsp3) is 0.533. The first kappa shape index (κ1) is 14.6. The molecule has 0 spiro atoms. The summed E-state index contributed by atoms with van der Waals surface area (Å²) in [6.45, 7) is 8.91. The maximum atomic E-state index is 12.5. The lowest BCUT2D eigenvalue weighted by Gasteiger charge is -2.30. The lowest BCUT2D eigenvalue weighted by molar-refractivity contribution is -0.134. The molecule has 2 atom stereocenters. The Labute approximate surface area is 110 Å². The van der Waals surface area contributed by atoms with E-state index in [0.29, 0.717) is 5.69 Å². The molecule has 2 N–H and O–H groups in total. The average molecular weight is 248 g/mol. The van der Waals surface area contributed by atoms with Crippen molar-refractivity contribution in [3.05, 3.63) is 29.8 Å². The molecule has 0 heterocycles. The van der Waals surface area contributed by atoms with Crippen molar-refractivity contribution in [3.63, 3.8) is 0 Å². The van der Waals surface area contributed by atoms with Crippen LogP contribution in [-0.2, 0) is 4.79 Å². The number of carbonyl (C=O) groups is 1. The van der Waals surface area contributed by atoms with Crippen molar-refractivity contribution in [1.29, 1.82) is 0 Å². The number of rotatable bonds is 5. The average Bonchev–Trinajstić information content (AvgIpc) is 2.38. The van der Waals surface area contributed by atoms with Gasteiger partial charge >= 0.3 is 0 Å². The third kappa shape index (κ3) is 3.25. The van der Waals surface area contributed by atoms with Gasteiger partial charge in [0.25, 0.3) is 0 Å². The Morgan fingerprint density at radius 2 is 2.00 bits per heavy atom. The van der Waals surface area contributed by atoms with Gasteiger partial charge in [-0.2, -0.15) is 0 Å². The molecule has 18 heavy (non-hydrogen) atoms. The van der Waals surface area contributed by atoms with Gasteiger partial charge in [-0.05, 0) is 44.9 Å². The second-order valence-electron chi connectivity index (χ2n) is 4.77. The van der Waals surface area contributed by atoms with Crippen LogP contribution < -0.4 is 5.73 Å². The fourth-order valence-electron chi connectivity index (χ4n) is 2.12. The Balaban J connectivity index is 2.88. The zero-order chi connectivity index (χ0) is 13.7. The number of carbonyl (C=O) groups excluding carboxylic acids is 1. The van der Waals surface area contributed by atoms with Crippen LogP contribution in [0.2, 0.25) is 0 Å². The maximum Gasteiger partial charge on any atom is 0.230 e. The molecule has 3 heteroatoms. The first-order valence-electron chi connectivity index (χ1n) is 6.67. The van der Waals surface area contributed by atoms with Crippen LogP contribution in [0.4, 0.5) is 5.69 Å². The summed E-state index contributed by atoms with van der Waals surface area (Å²) in [6.07, 6.45) is 0.975. The summed E-state index contributed by atoms with van der Waals surface area (Å²) in [5, 5.41) is 0. The van der Waals surface area contributed by atoms with E-state index in [1.165, 1.54) is 0 Å². The summed E-state index contributed by atoms with van der Waals surface area (Å²) in [4.78, 5) is 14.4.